The van der Waals surface area contributed by atoms with E-state index in [1.54, 1.807) is 0 Å². The molecule has 68 valence electrons. The van der Waals surface area contributed by atoms with Crippen LogP contribution < -0.4 is 0 Å². The second kappa shape index (κ2) is 5.56. The monoisotopic (exact) mass is 159 g/mol. The van der Waals surface area contributed by atoms with Gasteiger partial charge in [-0.25, -0.2) is 0 Å². The van der Waals surface area contributed by atoms with Gasteiger partial charge in [0.05, 0.1) is 6.10 Å². The Balaban J connectivity index is 3.74. The molecular formula is C9H21NO. The van der Waals surface area contributed by atoms with Gasteiger partial charge >= 0.3 is 0 Å². The molecule has 11 heavy (non-hydrogen) atoms. The van der Waals surface area contributed by atoms with Crippen molar-refractivity contribution in [1.29, 1.82) is 0 Å². The zero-order chi connectivity index (χ0) is 8.85. The highest BCUT2D eigenvalue weighted by Gasteiger charge is 2.11. The van der Waals surface area contributed by atoms with Crippen LogP contribution >= 0.6 is 0 Å². The summed E-state index contributed by atoms with van der Waals surface area (Å²) in [6.45, 7) is 10.2. The quantitative estimate of drug-likeness (QED) is 0.657. The first-order chi connectivity index (χ1) is 5.11. The second-order valence-electron chi connectivity index (χ2n) is 3.19. The lowest BCUT2D eigenvalue weighted by Gasteiger charge is -2.27. The fourth-order valence-electron chi connectivity index (χ4n) is 1.22. The van der Waals surface area contributed by atoms with Crippen LogP contribution in [0.1, 0.15) is 34.1 Å². The standard InChI is InChI=1S/C9H21NO/c1-5-8(3)10(6-2)7-9(4)11/h8-9,11H,5-7H2,1-4H3/t8?,9-/m0/s1. The van der Waals surface area contributed by atoms with E-state index in [-0.39, 0.29) is 6.10 Å². The van der Waals surface area contributed by atoms with Gasteiger partial charge in [-0.3, -0.25) is 4.90 Å². The number of hydrogen-bond donors (Lipinski definition) is 1. The third kappa shape index (κ3) is 4.38. The lowest BCUT2D eigenvalue weighted by atomic mass is 10.2. The summed E-state index contributed by atoms with van der Waals surface area (Å²) in [4.78, 5) is 2.30. The second-order valence-corrected chi connectivity index (χ2v) is 3.19. The zero-order valence-electron chi connectivity index (χ0n) is 8.17. The molecule has 0 spiro atoms. The number of likely N-dealkylation sites (N-methyl/N-ethyl adjacent to an activating group) is 1. The molecule has 0 aromatic rings. The van der Waals surface area contributed by atoms with Crippen LogP contribution in [0.2, 0.25) is 0 Å². The summed E-state index contributed by atoms with van der Waals surface area (Å²) in [5, 5.41) is 9.16. The predicted molar refractivity (Wildman–Crippen MR) is 48.7 cm³/mol. The third-order valence-corrected chi connectivity index (χ3v) is 2.12. The molecule has 2 nitrogen and oxygen atoms in total. The summed E-state index contributed by atoms with van der Waals surface area (Å²) >= 11 is 0. The van der Waals surface area contributed by atoms with E-state index in [0.717, 1.165) is 19.5 Å². The van der Waals surface area contributed by atoms with Crippen molar-refractivity contribution >= 4 is 0 Å². The first kappa shape index (κ1) is 10.9. The number of nitrogens with zero attached hydrogens (tertiary/aromatic N) is 1. The minimum Gasteiger partial charge on any atom is -0.392 e. The number of hydrogen-bond acceptors (Lipinski definition) is 2. The van der Waals surface area contributed by atoms with E-state index in [9.17, 15) is 0 Å². The lowest BCUT2D eigenvalue weighted by molar-refractivity contribution is 0.105. The Morgan fingerprint density at radius 3 is 2.09 bits per heavy atom. The minimum absolute atomic E-state index is 0.205. The first-order valence-corrected chi connectivity index (χ1v) is 4.53. The summed E-state index contributed by atoms with van der Waals surface area (Å²) in [7, 11) is 0. The molecular weight excluding hydrogens is 138 g/mol. The normalized spacial score (nSPS) is 16.9. The van der Waals surface area contributed by atoms with Gasteiger partial charge in [-0.05, 0) is 26.8 Å². The third-order valence-electron chi connectivity index (χ3n) is 2.12. The Morgan fingerprint density at radius 1 is 1.27 bits per heavy atom. The Morgan fingerprint density at radius 2 is 1.82 bits per heavy atom. The Hall–Kier alpha value is -0.0800. The molecule has 0 saturated carbocycles. The van der Waals surface area contributed by atoms with E-state index in [1.165, 1.54) is 0 Å². The van der Waals surface area contributed by atoms with Crippen LogP contribution in [-0.4, -0.2) is 35.2 Å². The van der Waals surface area contributed by atoms with Crippen LogP contribution in [0.3, 0.4) is 0 Å². The summed E-state index contributed by atoms with van der Waals surface area (Å²) < 4.78 is 0. The number of aliphatic hydroxyl groups excluding tert-OH is 1. The summed E-state index contributed by atoms with van der Waals surface area (Å²) in [6, 6.07) is 0.592. The summed E-state index contributed by atoms with van der Waals surface area (Å²) in [5.74, 6) is 0. The number of aliphatic hydroxyl groups is 1. The molecule has 0 fully saturated rings. The molecule has 0 amide bonds. The van der Waals surface area contributed by atoms with Crippen LogP contribution in [0.5, 0.6) is 0 Å². The molecule has 0 heterocycles. The SMILES string of the molecule is CCC(C)N(CC)C[C@H](C)O. The smallest absolute Gasteiger partial charge is 0.0639 e. The van der Waals surface area contributed by atoms with Crippen LogP contribution in [0.4, 0.5) is 0 Å². The van der Waals surface area contributed by atoms with Gasteiger partial charge < -0.3 is 5.11 Å². The van der Waals surface area contributed by atoms with E-state index in [4.69, 9.17) is 5.11 Å². The predicted octanol–water partition coefficient (Wildman–Crippen LogP) is 1.49. The molecule has 0 rings (SSSR count). The average molecular weight is 159 g/mol. The van der Waals surface area contributed by atoms with Crippen LogP contribution in [0.25, 0.3) is 0 Å². The van der Waals surface area contributed by atoms with Crippen LogP contribution in [0, 0.1) is 0 Å². The highest BCUT2D eigenvalue weighted by atomic mass is 16.3. The molecule has 0 radical (unpaired) electrons. The molecule has 0 aromatic carbocycles. The van der Waals surface area contributed by atoms with Gasteiger partial charge in [0.2, 0.25) is 0 Å². The van der Waals surface area contributed by atoms with Gasteiger partial charge in [0.15, 0.2) is 0 Å². The maximum atomic E-state index is 9.16. The molecule has 0 aromatic heterocycles. The van der Waals surface area contributed by atoms with Gasteiger partial charge in [0, 0.05) is 12.6 Å². The van der Waals surface area contributed by atoms with Crippen molar-refractivity contribution in [3.05, 3.63) is 0 Å². The summed E-state index contributed by atoms with van der Waals surface area (Å²) in [5.41, 5.74) is 0. The molecule has 0 aliphatic carbocycles. The van der Waals surface area contributed by atoms with Gasteiger partial charge in [-0.15, -0.1) is 0 Å². The van der Waals surface area contributed by atoms with Gasteiger partial charge in [0.25, 0.3) is 0 Å². The molecule has 0 saturated heterocycles. The van der Waals surface area contributed by atoms with Gasteiger partial charge in [-0.2, -0.15) is 0 Å². The van der Waals surface area contributed by atoms with Crippen LogP contribution in [0.15, 0.2) is 0 Å². The van der Waals surface area contributed by atoms with Gasteiger partial charge in [-0.1, -0.05) is 13.8 Å². The Kier molecular flexibility index (Phi) is 5.51. The first-order valence-electron chi connectivity index (χ1n) is 4.53. The minimum atomic E-state index is -0.205. The molecule has 0 aliphatic rings. The maximum absolute atomic E-state index is 9.16. The highest BCUT2D eigenvalue weighted by Crippen LogP contribution is 2.03. The van der Waals surface area contributed by atoms with Crippen molar-refractivity contribution in [3.63, 3.8) is 0 Å². The van der Waals surface area contributed by atoms with Crippen molar-refractivity contribution in [1.82, 2.24) is 4.90 Å². The van der Waals surface area contributed by atoms with E-state index in [0.29, 0.717) is 6.04 Å². The van der Waals surface area contributed by atoms with E-state index in [1.807, 2.05) is 6.92 Å². The van der Waals surface area contributed by atoms with Crippen molar-refractivity contribution in [3.8, 4) is 0 Å². The molecule has 0 aliphatic heterocycles. The van der Waals surface area contributed by atoms with Gasteiger partial charge in [0.1, 0.15) is 0 Å². The maximum Gasteiger partial charge on any atom is 0.0639 e. The molecule has 2 atom stereocenters. The van der Waals surface area contributed by atoms with Crippen molar-refractivity contribution in [2.75, 3.05) is 13.1 Å². The van der Waals surface area contributed by atoms with Crippen molar-refractivity contribution in [2.24, 2.45) is 0 Å². The fourth-order valence-corrected chi connectivity index (χ4v) is 1.22. The molecule has 1 unspecified atom stereocenters. The topological polar surface area (TPSA) is 23.5 Å². The van der Waals surface area contributed by atoms with E-state index >= 15 is 0 Å². The van der Waals surface area contributed by atoms with E-state index in [2.05, 4.69) is 25.7 Å². The zero-order valence-corrected chi connectivity index (χ0v) is 8.17. The molecule has 0 bridgehead atoms. The fraction of sp³-hybridized carbons (Fsp3) is 1.00. The van der Waals surface area contributed by atoms with Crippen LogP contribution in [-0.2, 0) is 0 Å². The summed E-state index contributed by atoms with van der Waals surface area (Å²) in [6.07, 6.45) is 0.949. The number of rotatable bonds is 5. The van der Waals surface area contributed by atoms with E-state index < -0.39 is 0 Å². The average Bonchev–Trinajstić information content (AvgIpc) is 1.98. The molecule has 2 heteroatoms. The van der Waals surface area contributed by atoms with Crippen molar-refractivity contribution < 1.29 is 5.11 Å². The molecule has 1 N–H and O–H groups in total. The highest BCUT2D eigenvalue weighted by molar-refractivity contribution is 4.66. The van der Waals surface area contributed by atoms with Crippen molar-refractivity contribution in [2.45, 2.75) is 46.3 Å². The lowest BCUT2D eigenvalue weighted by Crippen LogP contribution is -2.37. The largest absolute Gasteiger partial charge is 0.392 e. The Labute approximate surface area is 70.2 Å². The Bertz CT molecular complexity index is 93.6.